The summed E-state index contributed by atoms with van der Waals surface area (Å²) in [5.74, 6) is 0.928. The molecule has 2 fully saturated rings. The Bertz CT molecular complexity index is 227. The maximum atomic E-state index is 3.76. The van der Waals surface area contributed by atoms with Crippen LogP contribution in [0.1, 0.15) is 59.3 Å². The Morgan fingerprint density at radius 3 is 2.59 bits per heavy atom. The van der Waals surface area contributed by atoms with Crippen molar-refractivity contribution < 1.29 is 0 Å². The summed E-state index contributed by atoms with van der Waals surface area (Å²) in [6.45, 7) is 9.63. The summed E-state index contributed by atoms with van der Waals surface area (Å²) in [6, 6.07) is 2.41. The van der Waals surface area contributed by atoms with Crippen LogP contribution < -0.4 is 5.32 Å². The lowest BCUT2D eigenvalue weighted by Gasteiger charge is -2.32. The molecule has 0 aromatic carbocycles. The molecule has 2 rings (SSSR count). The van der Waals surface area contributed by atoms with Gasteiger partial charge in [-0.25, -0.2) is 0 Å². The summed E-state index contributed by atoms with van der Waals surface area (Å²) in [6.07, 6.45) is 8.39. The largest absolute Gasteiger partial charge is 0.311 e. The van der Waals surface area contributed by atoms with Crippen LogP contribution in [0.4, 0.5) is 0 Å². The predicted octanol–water partition coefficient (Wildman–Crippen LogP) is 3.03. The van der Waals surface area contributed by atoms with Crippen LogP contribution in [-0.4, -0.2) is 36.1 Å². The van der Waals surface area contributed by atoms with Crippen molar-refractivity contribution >= 4 is 0 Å². The fraction of sp³-hybridized carbons (Fsp3) is 1.00. The summed E-state index contributed by atoms with van der Waals surface area (Å²) < 4.78 is 0. The molecule has 0 aromatic rings. The molecule has 3 unspecified atom stereocenters. The van der Waals surface area contributed by atoms with E-state index >= 15 is 0 Å². The predicted molar refractivity (Wildman–Crippen MR) is 74.3 cm³/mol. The van der Waals surface area contributed by atoms with Gasteiger partial charge < -0.3 is 10.2 Å². The van der Waals surface area contributed by atoms with Crippen molar-refractivity contribution in [3.63, 3.8) is 0 Å². The molecule has 2 bridgehead atoms. The number of nitrogens with one attached hydrogen (secondary N) is 1. The summed E-state index contributed by atoms with van der Waals surface area (Å²) in [5, 5.41) is 3.76. The fourth-order valence-corrected chi connectivity index (χ4v) is 3.57. The van der Waals surface area contributed by atoms with Crippen LogP contribution in [0.25, 0.3) is 0 Å². The molecule has 2 aliphatic heterocycles. The van der Waals surface area contributed by atoms with Crippen LogP contribution in [0.2, 0.25) is 0 Å². The van der Waals surface area contributed by atoms with Gasteiger partial charge in [-0.2, -0.15) is 0 Å². The van der Waals surface area contributed by atoms with Gasteiger partial charge in [-0.1, -0.05) is 19.8 Å². The molecule has 0 aromatic heterocycles. The first kappa shape index (κ1) is 13.4. The summed E-state index contributed by atoms with van der Waals surface area (Å²) >= 11 is 0. The van der Waals surface area contributed by atoms with E-state index in [1.54, 1.807) is 0 Å². The van der Waals surface area contributed by atoms with Crippen LogP contribution >= 0.6 is 0 Å². The Morgan fingerprint density at radius 1 is 1.24 bits per heavy atom. The van der Waals surface area contributed by atoms with Gasteiger partial charge in [-0.3, -0.25) is 0 Å². The summed E-state index contributed by atoms with van der Waals surface area (Å²) in [5.41, 5.74) is 0. The highest BCUT2D eigenvalue weighted by molar-refractivity contribution is 4.98. The van der Waals surface area contributed by atoms with Gasteiger partial charge in [-0.05, 0) is 52.0 Å². The van der Waals surface area contributed by atoms with Crippen molar-refractivity contribution in [2.45, 2.75) is 77.4 Å². The zero-order valence-electron chi connectivity index (χ0n) is 11.9. The molecule has 17 heavy (non-hydrogen) atoms. The second-order valence-corrected chi connectivity index (χ2v) is 6.34. The first-order valence-corrected chi connectivity index (χ1v) is 7.70. The molecule has 2 heteroatoms. The number of hydrogen-bond acceptors (Lipinski definition) is 2. The SMILES string of the molecule is CCCCCN(CC1CC2CCC1N2)C(C)C. The molecule has 0 radical (unpaired) electrons. The van der Waals surface area contributed by atoms with E-state index in [-0.39, 0.29) is 0 Å². The number of unbranched alkanes of at least 4 members (excludes halogenated alkanes) is 2. The van der Waals surface area contributed by atoms with Crippen molar-refractivity contribution in [1.29, 1.82) is 0 Å². The van der Waals surface area contributed by atoms with Gasteiger partial charge in [0.15, 0.2) is 0 Å². The Labute approximate surface area is 107 Å². The van der Waals surface area contributed by atoms with E-state index < -0.39 is 0 Å². The summed E-state index contributed by atoms with van der Waals surface area (Å²) in [7, 11) is 0. The average Bonchev–Trinajstić information content (AvgIpc) is 2.89. The zero-order chi connectivity index (χ0) is 12.3. The molecule has 2 nitrogen and oxygen atoms in total. The van der Waals surface area contributed by atoms with E-state index in [2.05, 4.69) is 31.0 Å². The van der Waals surface area contributed by atoms with Gasteiger partial charge in [0.2, 0.25) is 0 Å². The zero-order valence-corrected chi connectivity index (χ0v) is 11.9. The number of nitrogens with zero attached hydrogens (tertiary/aromatic N) is 1. The van der Waals surface area contributed by atoms with Gasteiger partial charge in [-0.15, -0.1) is 0 Å². The third-order valence-electron chi connectivity index (χ3n) is 4.68. The quantitative estimate of drug-likeness (QED) is 0.686. The molecule has 3 atom stereocenters. The molecule has 2 heterocycles. The molecular weight excluding hydrogens is 208 g/mol. The van der Waals surface area contributed by atoms with Crippen molar-refractivity contribution in [2.24, 2.45) is 5.92 Å². The molecule has 0 amide bonds. The smallest absolute Gasteiger partial charge is 0.0111 e. The molecule has 1 N–H and O–H groups in total. The van der Waals surface area contributed by atoms with Crippen LogP contribution in [0.3, 0.4) is 0 Å². The van der Waals surface area contributed by atoms with Crippen molar-refractivity contribution in [3.8, 4) is 0 Å². The monoisotopic (exact) mass is 238 g/mol. The molecule has 0 saturated carbocycles. The Morgan fingerprint density at radius 2 is 2.06 bits per heavy atom. The van der Waals surface area contributed by atoms with Crippen molar-refractivity contribution in [2.75, 3.05) is 13.1 Å². The molecule has 0 aliphatic carbocycles. The van der Waals surface area contributed by atoms with Crippen molar-refractivity contribution in [1.82, 2.24) is 10.2 Å². The first-order valence-electron chi connectivity index (χ1n) is 7.70. The second kappa shape index (κ2) is 6.19. The third kappa shape index (κ3) is 3.45. The number of fused-ring (bicyclic) bond motifs is 2. The van der Waals surface area contributed by atoms with Gasteiger partial charge in [0, 0.05) is 24.7 Å². The minimum absolute atomic E-state index is 0.714. The summed E-state index contributed by atoms with van der Waals surface area (Å²) in [4.78, 5) is 2.71. The number of rotatable bonds is 7. The average molecular weight is 238 g/mol. The number of hydrogen-bond donors (Lipinski definition) is 1. The minimum Gasteiger partial charge on any atom is -0.311 e. The van der Waals surface area contributed by atoms with E-state index in [9.17, 15) is 0 Å². The Kier molecular flexibility index (Phi) is 4.87. The fourth-order valence-electron chi connectivity index (χ4n) is 3.57. The van der Waals surface area contributed by atoms with Crippen LogP contribution in [0.15, 0.2) is 0 Å². The van der Waals surface area contributed by atoms with Gasteiger partial charge in [0.25, 0.3) is 0 Å². The normalized spacial score (nSPS) is 31.9. The lowest BCUT2D eigenvalue weighted by molar-refractivity contribution is 0.170. The standard InChI is InChI=1S/C15H30N2/c1-4-5-6-9-17(12(2)3)11-13-10-14-7-8-15(13)16-14/h12-16H,4-11H2,1-3H3. The van der Waals surface area contributed by atoms with E-state index in [4.69, 9.17) is 0 Å². The highest BCUT2D eigenvalue weighted by Gasteiger charge is 2.39. The van der Waals surface area contributed by atoms with Crippen LogP contribution in [-0.2, 0) is 0 Å². The van der Waals surface area contributed by atoms with E-state index in [0.29, 0.717) is 6.04 Å². The molecule has 2 saturated heterocycles. The van der Waals surface area contributed by atoms with Gasteiger partial charge in [0.1, 0.15) is 0 Å². The lowest BCUT2D eigenvalue weighted by atomic mass is 9.88. The maximum Gasteiger partial charge on any atom is 0.0111 e. The van der Waals surface area contributed by atoms with Crippen LogP contribution in [0.5, 0.6) is 0 Å². The van der Waals surface area contributed by atoms with E-state index in [1.165, 1.54) is 51.6 Å². The Hall–Kier alpha value is -0.0800. The lowest BCUT2D eigenvalue weighted by Crippen LogP contribution is -2.39. The van der Waals surface area contributed by atoms with Crippen molar-refractivity contribution in [3.05, 3.63) is 0 Å². The van der Waals surface area contributed by atoms with E-state index in [1.807, 2.05) is 0 Å². The van der Waals surface area contributed by atoms with Gasteiger partial charge in [0.05, 0.1) is 0 Å². The molecular formula is C15H30N2. The highest BCUT2D eigenvalue weighted by Crippen LogP contribution is 2.33. The Balaban J connectivity index is 1.77. The topological polar surface area (TPSA) is 15.3 Å². The van der Waals surface area contributed by atoms with Gasteiger partial charge >= 0.3 is 0 Å². The molecule has 100 valence electrons. The van der Waals surface area contributed by atoms with E-state index in [0.717, 1.165) is 18.0 Å². The highest BCUT2D eigenvalue weighted by atomic mass is 15.2. The first-order chi connectivity index (χ1) is 8.20. The third-order valence-corrected chi connectivity index (χ3v) is 4.68. The molecule has 2 aliphatic rings. The molecule has 0 spiro atoms. The van der Waals surface area contributed by atoms with Crippen LogP contribution in [0, 0.1) is 5.92 Å². The maximum absolute atomic E-state index is 3.76. The second-order valence-electron chi connectivity index (χ2n) is 6.34. The minimum atomic E-state index is 0.714.